The number of nitrogens with zero attached hydrogens (tertiary/aromatic N) is 1. The van der Waals surface area contributed by atoms with Gasteiger partial charge in [0.25, 0.3) is 0 Å². The molecule has 3 aromatic rings. The van der Waals surface area contributed by atoms with E-state index < -0.39 is 0 Å². The number of carbonyl (C=O) groups is 1. The fourth-order valence-electron chi connectivity index (χ4n) is 2.60. The van der Waals surface area contributed by atoms with E-state index in [1.165, 1.54) is 29.8 Å². The molecule has 0 aliphatic heterocycles. The summed E-state index contributed by atoms with van der Waals surface area (Å²) < 4.78 is 14.9. The van der Waals surface area contributed by atoms with Crippen LogP contribution in [0.25, 0.3) is 10.9 Å². The molecule has 3 rings (SSSR count). The minimum absolute atomic E-state index is 0.0227. The normalized spacial score (nSPS) is 11.3. The van der Waals surface area contributed by atoms with Crippen molar-refractivity contribution in [2.24, 2.45) is 0 Å². The zero-order valence-electron chi connectivity index (χ0n) is 12.7. The van der Waals surface area contributed by atoms with Crippen LogP contribution in [0.1, 0.15) is 35.7 Å². The first kappa shape index (κ1) is 14.5. The highest BCUT2D eigenvalue weighted by atomic mass is 19.1. The van der Waals surface area contributed by atoms with Gasteiger partial charge in [-0.05, 0) is 59.3 Å². The lowest BCUT2D eigenvalue weighted by atomic mass is 10.0. The summed E-state index contributed by atoms with van der Waals surface area (Å²) in [5.41, 5.74) is 2.86. The molecule has 0 amide bonds. The first-order chi connectivity index (χ1) is 10.5. The topological polar surface area (TPSA) is 22.0 Å². The summed E-state index contributed by atoms with van der Waals surface area (Å²) >= 11 is 0. The molecule has 0 fully saturated rings. The van der Waals surface area contributed by atoms with Crippen molar-refractivity contribution in [1.82, 2.24) is 4.57 Å². The molecule has 3 heteroatoms. The number of ketones is 1. The van der Waals surface area contributed by atoms with Gasteiger partial charge in [0.1, 0.15) is 5.82 Å². The summed E-state index contributed by atoms with van der Waals surface area (Å²) in [7, 11) is 0. The van der Waals surface area contributed by atoms with Gasteiger partial charge in [-0.1, -0.05) is 19.9 Å². The molecule has 112 valence electrons. The van der Waals surface area contributed by atoms with Gasteiger partial charge in [0.05, 0.1) is 6.54 Å². The number of aromatic nitrogens is 1. The van der Waals surface area contributed by atoms with Crippen molar-refractivity contribution in [3.05, 3.63) is 71.7 Å². The second-order valence-electron chi connectivity index (χ2n) is 5.85. The van der Waals surface area contributed by atoms with Crippen LogP contribution in [0.5, 0.6) is 0 Å². The number of rotatable bonds is 4. The molecule has 0 unspecified atom stereocenters. The van der Waals surface area contributed by atoms with E-state index in [2.05, 4.69) is 32.0 Å². The zero-order chi connectivity index (χ0) is 15.7. The maximum absolute atomic E-state index is 12.9. The highest BCUT2D eigenvalue weighted by Crippen LogP contribution is 2.22. The minimum Gasteiger partial charge on any atom is -0.340 e. The van der Waals surface area contributed by atoms with E-state index in [0.29, 0.717) is 11.5 Å². The number of halogens is 1. The zero-order valence-corrected chi connectivity index (χ0v) is 12.7. The lowest BCUT2D eigenvalue weighted by molar-refractivity contribution is 0.0973. The van der Waals surface area contributed by atoms with Crippen molar-refractivity contribution in [1.29, 1.82) is 0 Å². The predicted octanol–water partition coefficient (Wildman–Crippen LogP) is 4.79. The van der Waals surface area contributed by atoms with E-state index in [-0.39, 0.29) is 18.1 Å². The molecular weight excluding hydrogens is 277 g/mol. The Hall–Kier alpha value is -2.42. The molecule has 2 aromatic carbocycles. The van der Waals surface area contributed by atoms with E-state index in [9.17, 15) is 9.18 Å². The Kier molecular flexibility index (Phi) is 3.80. The van der Waals surface area contributed by atoms with Gasteiger partial charge in [0, 0.05) is 17.3 Å². The molecule has 2 nitrogen and oxygen atoms in total. The largest absolute Gasteiger partial charge is 0.340 e. The standard InChI is InChI=1S/C19H18FNO/c1-13(2)15-5-8-18-16(11-15)9-10-21(18)12-19(22)14-3-6-17(20)7-4-14/h3-11,13H,12H2,1-2H3. The fourth-order valence-corrected chi connectivity index (χ4v) is 2.60. The van der Waals surface area contributed by atoms with Crippen LogP contribution in [-0.4, -0.2) is 10.4 Å². The Morgan fingerprint density at radius 2 is 1.82 bits per heavy atom. The SMILES string of the molecule is CC(C)c1ccc2c(ccn2CC(=O)c2ccc(F)cc2)c1. The smallest absolute Gasteiger partial charge is 0.182 e. The molecule has 0 bridgehead atoms. The third-order valence-corrected chi connectivity index (χ3v) is 3.94. The Morgan fingerprint density at radius 1 is 1.09 bits per heavy atom. The number of Topliss-reactive ketones (excluding diaryl/α,β-unsaturated/α-hetero) is 1. The molecule has 0 aliphatic rings. The number of carbonyl (C=O) groups excluding carboxylic acids is 1. The van der Waals surface area contributed by atoms with Crippen molar-refractivity contribution in [3.8, 4) is 0 Å². The molecule has 0 aliphatic carbocycles. The highest BCUT2D eigenvalue weighted by molar-refractivity contribution is 5.96. The fraction of sp³-hybridized carbons (Fsp3) is 0.211. The Balaban J connectivity index is 1.87. The molecule has 0 saturated carbocycles. The first-order valence-corrected chi connectivity index (χ1v) is 7.42. The number of hydrogen-bond donors (Lipinski definition) is 0. The van der Waals surface area contributed by atoms with Crippen LogP contribution in [0.3, 0.4) is 0 Å². The van der Waals surface area contributed by atoms with Crippen molar-refractivity contribution in [3.63, 3.8) is 0 Å². The van der Waals surface area contributed by atoms with Gasteiger partial charge in [0.15, 0.2) is 5.78 Å². The Bertz CT molecular complexity index is 815. The molecule has 22 heavy (non-hydrogen) atoms. The second kappa shape index (κ2) is 5.76. The van der Waals surface area contributed by atoms with E-state index in [1.54, 1.807) is 0 Å². The van der Waals surface area contributed by atoms with Gasteiger partial charge in [0.2, 0.25) is 0 Å². The van der Waals surface area contributed by atoms with E-state index >= 15 is 0 Å². The third-order valence-electron chi connectivity index (χ3n) is 3.94. The van der Waals surface area contributed by atoms with E-state index in [1.807, 2.05) is 16.8 Å². The number of fused-ring (bicyclic) bond motifs is 1. The summed E-state index contributed by atoms with van der Waals surface area (Å²) in [5.74, 6) is 0.128. The maximum atomic E-state index is 12.9. The summed E-state index contributed by atoms with van der Waals surface area (Å²) in [6.45, 7) is 4.59. The van der Waals surface area contributed by atoms with Crippen LogP contribution < -0.4 is 0 Å². The van der Waals surface area contributed by atoms with Crippen LogP contribution >= 0.6 is 0 Å². The second-order valence-corrected chi connectivity index (χ2v) is 5.85. The number of benzene rings is 2. The van der Waals surface area contributed by atoms with Crippen LogP contribution in [0.2, 0.25) is 0 Å². The summed E-state index contributed by atoms with van der Waals surface area (Å²) in [5, 5.41) is 1.14. The molecule has 1 heterocycles. The van der Waals surface area contributed by atoms with Crippen LogP contribution in [-0.2, 0) is 6.54 Å². The predicted molar refractivity (Wildman–Crippen MR) is 86.8 cm³/mol. The Labute approximate surface area is 129 Å². The molecule has 0 spiro atoms. The third kappa shape index (κ3) is 2.80. The average Bonchev–Trinajstić information content (AvgIpc) is 2.90. The number of hydrogen-bond acceptors (Lipinski definition) is 1. The lowest BCUT2D eigenvalue weighted by Gasteiger charge is -2.08. The maximum Gasteiger partial charge on any atom is 0.182 e. The molecule has 0 atom stereocenters. The van der Waals surface area contributed by atoms with Crippen molar-refractivity contribution < 1.29 is 9.18 Å². The van der Waals surface area contributed by atoms with Gasteiger partial charge < -0.3 is 4.57 Å². The van der Waals surface area contributed by atoms with Gasteiger partial charge in [-0.25, -0.2) is 4.39 Å². The molecular formula is C19H18FNO. The van der Waals surface area contributed by atoms with Crippen molar-refractivity contribution >= 4 is 16.7 Å². The van der Waals surface area contributed by atoms with Gasteiger partial charge in [-0.2, -0.15) is 0 Å². The van der Waals surface area contributed by atoms with Crippen LogP contribution in [0, 0.1) is 5.82 Å². The molecule has 0 N–H and O–H groups in total. The summed E-state index contributed by atoms with van der Waals surface area (Å²) in [4.78, 5) is 12.3. The first-order valence-electron chi connectivity index (χ1n) is 7.42. The Morgan fingerprint density at radius 3 is 2.50 bits per heavy atom. The van der Waals surface area contributed by atoms with E-state index in [0.717, 1.165) is 10.9 Å². The highest BCUT2D eigenvalue weighted by Gasteiger charge is 2.10. The van der Waals surface area contributed by atoms with Crippen LogP contribution in [0.15, 0.2) is 54.7 Å². The summed E-state index contributed by atoms with van der Waals surface area (Å²) in [6.07, 6.45) is 1.93. The lowest BCUT2D eigenvalue weighted by Crippen LogP contribution is -2.09. The molecule has 0 radical (unpaired) electrons. The summed E-state index contributed by atoms with van der Waals surface area (Å²) in [6, 6.07) is 14.0. The van der Waals surface area contributed by atoms with Gasteiger partial charge >= 0.3 is 0 Å². The van der Waals surface area contributed by atoms with Crippen molar-refractivity contribution in [2.45, 2.75) is 26.3 Å². The van der Waals surface area contributed by atoms with Crippen LogP contribution in [0.4, 0.5) is 4.39 Å². The average molecular weight is 295 g/mol. The van der Waals surface area contributed by atoms with E-state index in [4.69, 9.17) is 0 Å². The van der Waals surface area contributed by atoms with Gasteiger partial charge in [-0.15, -0.1) is 0 Å². The monoisotopic (exact) mass is 295 g/mol. The molecule has 0 saturated heterocycles. The molecule has 1 aromatic heterocycles. The van der Waals surface area contributed by atoms with Gasteiger partial charge in [-0.3, -0.25) is 4.79 Å². The van der Waals surface area contributed by atoms with Crippen molar-refractivity contribution in [2.75, 3.05) is 0 Å². The minimum atomic E-state index is -0.329. The quantitative estimate of drug-likeness (QED) is 0.634.